The molecule has 1 heterocycles. The Bertz CT molecular complexity index is 904. The van der Waals surface area contributed by atoms with Gasteiger partial charge in [-0.3, -0.25) is 9.59 Å². The topological polar surface area (TPSA) is 112 Å². The van der Waals surface area contributed by atoms with E-state index in [9.17, 15) is 19.8 Å². The average molecular weight is 488 g/mol. The lowest BCUT2D eigenvalue weighted by Crippen LogP contribution is -2.44. The summed E-state index contributed by atoms with van der Waals surface area (Å²) in [6, 6.07) is 10.0. The number of benzene rings is 1. The van der Waals surface area contributed by atoms with Gasteiger partial charge in [0.25, 0.3) is 0 Å². The molecule has 0 radical (unpaired) electrons. The Morgan fingerprint density at radius 3 is 2.59 bits per heavy atom. The summed E-state index contributed by atoms with van der Waals surface area (Å²) in [6.45, 7) is 4.34. The third-order valence-electron chi connectivity index (χ3n) is 6.85. The predicted molar refractivity (Wildman–Crippen MR) is 135 cm³/mol. The van der Waals surface area contributed by atoms with Gasteiger partial charge in [0.15, 0.2) is 5.13 Å². The van der Waals surface area contributed by atoms with Crippen molar-refractivity contribution in [3.05, 3.63) is 47.5 Å². The summed E-state index contributed by atoms with van der Waals surface area (Å²) in [5.41, 5.74) is 0.108. The number of nitrogens with zero attached hydrogens (tertiary/aromatic N) is 1. The summed E-state index contributed by atoms with van der Waals surface area (Å²) in [5.74, 6) is -0.207. The molecule has 1 aliphatic carbocycles. The molecule has 1 aliphatic rings. The standard InChI is InChI=1S/C26H37N3O4S/c1-18-8-9-21(17-28-23(31)10-11-24(32)29-25-27-12-13-34-25)26(2,33)16-20(15-22(30)14-18)19-6-4-3-5-7-19/h3-7,12-13,18,20-22,30,33H,8-11,14-17H2,1-2H3,(H,28,31)(H,27,29,32)/t18-,20-,21+,22+,26-/m1/s1. The van der Waals surface area contributed by atoms with Crippen molar-refractivity contribution < 1.29 is 19.8 Å². The van der Waals surface area contributed by atoms with Gasteiger partial charge in [0, 0.05) is 36.9 Å². The zero-order valence-electron chi connectivity index (χ0n) is 20.1. The number of aromatic nitrogens is 1. The highest BCUT2D eigenvalue weighted by molar-refractivity contribution is 7.13. The number of nitrogens with one attached hydrogen (secondary N) is 2. The van der Waals surface area contributed by atoms with Crippen molar-refractivity contribution in [2.75, 3.05) is 11.9 Å². The van der Waals surface area contributed by atoms with Gasteiger partial charge in [0.05, 0.1) is 11.7 Å². The highest BCUT2D eigenvalue weighted by Gasteiger charge is 2.36. The second kappa shape index (κ2) is 12.4. The molecular formula is C26H37N3O4S. The fourth-order valence-electron chi connectivity index (χ4n) is 4.87. The molecule has 2 amide bonds. The number of amides is 2. The van der Waals surface area contributed by atoms with Crippen LogP contribution in [0.2, 0.25) is 0 Å². The van der Waals surface area contributed by atoms with E-state index in [-0.39, 0.29) is 36.5 Å². The lowest BCUT2D eigenvalue weighted by molar-refractivity contribution is -0.125. The normalized spacial score (nSPS) is 28.1. The van der Waals surface area contributed by atoms with Crippen molar-refractivity contribution in [3.8, 4) is 0 Å². The molecule has 5 atom stereocenters. The first-order valence-electron chi connectivity index (χ1n) is 12.1. The van der Waals surface area contributed by atoms with Gasteiger partial charge >= 0.3 is 0 Å². The molecule has 1 aromatic heterocycles. The minimum absolute atomic E-state index is 0.0317. The van der Waals surface area contributed by atoms with Crippen LogP contribution >= 0.6 is 11.3 Å². The number of thiazole rings is 1. The quantitative estimate of drug-likeness (QED) is 0.470. The first kappa shape index (κ1) is 26.3. The average Bonchev–Trinajstić information content (AvgIpc) is 3.30. The van der Waals surface area contributed by atoms with E-state index >= 15 is 0 Å². The summed E-state index contributed by atoms with van der Waals surface area (Å²) in [4.78, 5) is 28.5. The van der Waals surface area contributed by atoms with Crippen molar-refractivity contribution in [1.29, 1.82) is 0 Å². The van der Waals surface area contributed by atoms with Crippen LogP contribution in [0.15, 0.2) is 41.9 Å². The van der Waals surface area contributed by atoms with Crippen LogP contribution < -0.4 is 10.6 Å². The Labute approximate surface area is 206 Å². The second-order valence-corrected chi connectivity index (χ2v) is 10.8. The van der Waals surface area contributed by atoms with Gasteiger partial charge in [0.2, 0.25) is 11.8 Å². The van der Waals surface area contributed by atoms with Crippen LogP contribution in [-0.4, -0.2) is 45.3 Å². The van der Waals surface area contributed by atoms with Crippen LogP contribution in [0, 0.1) is 11.8 Å². The molecule has 0 saturated heterocycles. The summed E-state index contributed by atoms with van der Waals surface area (Å²) >= 11 is 1.33. The number of anilines is 1. The number of carbonyl (C=O) groups excluding carboxylic acids is 2. The third-order valence-corrected chi connectivity index (χ3v) is 7.54. The number of rotatable bonds is 7. The number of aliphatic hydroxyl groups excluding tert-OH is 1. The molecule has 0 aliphatic heterocycles. The van der Waals surface area contributed by atoms with Gasteiger partial charge in [-0.2, -0.15) is 0 Å². The van der Waals surface area contributed by atoms with Crippen LogP contribution in [0.3, 0.4) is 0 Å². The molecular weight excluding hydrogens is 450 g/mol. The molecule has 0 unspecified atom stereocenters. The van der Waals surface area contributed by atoms with E-state index in [2.05, 4.69) is 34.7 Å². The molecule has 1 aromatic carbocycles. The van der Waals surface area contributed by atoms with Gasteiger partial charge in [-0.1, -0.05) is 43.7 Å². The van der Waals surface area contributed by atoms with E-state index in [0.717, 1.165) is 24.8 Å². The van der Waals surface area contributed by atoms with E-state index in [1.807, 2.05) is 25.1 Å². The Kier molecular flexibility index (Phi) is 9.62. The van der Waals surface area contributed by atoms with E-state index in [1.165, 1.54) is 11.3 Å². The van der Waals surface area contributed by atoms with Gasteiger partial charge in [0.1, 0.15) is 0 Å². The molecule has 8 heteroatoms. The molecule has 1 fully saturated rings. The Balaban J connectivity index is 1.59. The smallest absolute Gasteiger partial charge is 0.226 e. The van der Waals surface area contributed by atoms with Crippen molar-refractivity contribution >= 4 is 28.3 Å². The van der Waals surface area contributed by atoms with Gasteiger partial charge in [-0.05, 0) is 50.0 Å². The molecule has 0 bridgehead atoms. The Morgan fingerprint density at radius 1 is 1.15 bits per heavy atom. The van der Waals surface area contributed by atoms with Gasteiger partial charge in [-0.15, -0.1) is 11.3 Å². The molecule has 1 saturated carbocycles. The lowest BCUT2D eigenvalue weighted by Gasteiger charge is -2.38. The number of carbonyl (C=O) groups is 2. The highest BCUT2D eigenvalue weighted by Crippen LogP contribution is 2.38. The minimum Gasteiger partial charge on any atom is -0.393 e. The zero-order valence-corrected chi connectivity index (χ0v) is 20.9. The van der Waals surface area contributed by atoms with E-state index in [0.29, 0.717) is 30.4 Å². The molecule has 2 aromatic rings. The number of hydrogen-bond acceptors (Lipinski definition) is 6. The maximum Gasteiger partial charge on any atom is 0.226 e. The SMILES string of the molecule is C[C@@H]1CC[C@@H](CNC(=O)CCC(=O)Nc2nccs2)[C@](C)(O)C[C@H](c2ccccc2)C[C@@H](O)C1. The van der Waals surface area contributed by atoms with Crippen molar-refractivity contribution in [3.63, 3.8) is 0 Å². The molecule has 4 N–H and O–H groups in total. The van der Waals surface area contributed by atoms with Gasteiger partial charge in [-0.25, -0.2) is 4.98 Å². The maximum atomic E-state index is 12.5. The zero-order chi connectivity index (χ0) is 24.6. The molecule has 3 rings (SSSR count). The van der Waals surface area contributed by atoms with E-state index in [1.54, 1.807) is 11.6 Å². The first-order valence-corrected chi connectivity index (χ1v) is 13.0. The van der Waals surface area contributed by atoms with Crippen molar-refractivity contribution in [2.45, 2.75) is 76.4 Å². The van der Waals surface area contributed by atoms with Gasteiger partial charge < -0.3 is 20.8 Å². The predicted octanol–water partition coefficient (Wildman–Crippen LogP) is 4.09. The fourth-order valence-corrected chi connectivity index (χ4v) is 5.42. The lowest BCUT2D eigenvalue weighted by atomic mass is 9.73. The van der Waals surface area contributed by atoms with Crippen LogP contribution in [-0.2, 0) is 9.59 Å². The van der Waals surface area contributed by atoms with Crippen LogP contribution in [0.25, 0.3) is 0 Å². The van der Waals surface area contributed by atoms with Crippen LogP contribution in [0.5, 0.6) is 0 Å². The number of aliphatic hydroxyl groups is 2. The summed E-state index contributed by atoms with van der Waals surface area (Å²) < 4.78 is 0. The highest BCUT2D eigenvalue weighted by atomic mass is 32.1. The van der Waals surface area contributed by atoms with Crippen molar-refractivity contribution in [1.82, 2.24) is 10.3 Å². The Hall–Kier alpha value is -2.29. The molecule has 7 nitrogen and oxygen atoms in total. The minimum atomic E-state index is -1.01. The second-order valence-electron chi connectivity index (χ2n) is 9.86. The maximum absolute atomic E-state index is 12.5. The van der Waals surface area contributed by atoms with Crippen LogP contribution in [0.1, 0.15) is 70.3 Å². The summed E-state index contributed by atoms with van der Waals surface area (Å²) in [5, 5.41) is 30.1. The molecule has 0 spiro atoms. The van der Waals surface area contributed by atoms with E-state index in [4.69, 9.17) is 0 Å². The Morgan fingerprint density at radius 2 is 1.88 bits per heavy atom. The number of hydrogen-bond donors (Lipinski definition) is 4. The first-order chi connectivity index (χ1) is 16.2. The molecule has 34 heavy (non-hydrogen) atoms. The van der Waals surface area contributed by atoms with Crippen LogP contribution in [0.4, 0.5) is 5.13 Å². The largest absolute Gasteiger partial charge is 0.393 e. The summed E-state index contributed by atoms with van der Waals surface area (Å²) in [7, 11) is 0. The third kappa shape index (κ3) is 8.18. The van der Waals surface area contributed by atoms with Crippen molar-refractivity contribution in [2.24, 2.45) is 11.8 Å². The molecule has 186 valence electrons. The monoisotopic (exact) mass is 487 g/mol. The van der Waals surface area contributed by atoms with E-state index < -0.39 is 11.7 Å². The summed E-state index contributed by atoms with van der Waals surface area (Å²) in [6.07, 6.45) is 4.87. The fraction of sp³-hybridized carbons (Fsp3) is 0.577.